The fraction of sp³-hybridized carbons (Fsp3) is 0.897. The third kappa shape index (κ3) is 20.5. The largest absolute Gasteiger partial charge is 0.475 e. The second-order valence-electron chi connectivity index (χ2n) is 12.3. The Morgan fingerprint density at radius 2 is 1.14 bits per heavy atom. The number of ketones is 1. The number of unbranched alkanes of at least 4 members (excludes halogenated alkanes) is 11. The van der Waals surface area contributed by atoms with Gasteiger partial charge in [-0.05, 0) is 80.6 Å². The molecule has 0 aliphatic rings. The number of carbonyl (C=O) groups is 1. The van der Waals surface area contributed by atoms with Gasteiger partial charge in [0.25, 0.3) is 0 Å². The second kappa shape index (κ2) is 17.9. The highest BCUT2D eigenvalue weighted by Crippen LogP contribution is 2.55. The summed E-state index contributed by atoms with van der Waals surface area (Å²) in [5, 5.41) is 0. The third-order valence-electron chi connectivity index (χ3n) is 5.60. The Morgan fingerprint density at radius 3 is 1.58 bits per heavy atom. The van der Waals surface area contributed by atoms with Crippen molar-refractivity contribution < 1.29 is 22.9 Å². The first-order valence-corrected chi connectivity index (χ1v) is 15.7. The number of allylic oxidation sites excluding steroid dienone is 2. The number of hydrogen-bond donors (Lipinski definition) is 1. The molecule has 2 N–H and O–H groups in total. The molecule has 0 aromatic carbocycles. The zero-order valence-electron chi connectivity index (χ0n) is 24.8. The minimum Gasteiger partial charge on any atom is -0.317 e. The highest BCUT2D eigenvalue weighted by Gasteiger charge is 2.40. The van der Waals surface area contributed by atoms with E-state index in [1.54, 1.807) is 48.5 Å². The quantitative estimate of drug-likeness (QED) is 0.0903. The average molecular weight is 532 g/mol. The van der Waals surface area contributed by atoms with Crippen molar-refractivity contribution in [3.63, 3.8) is 0 Å². The Bertz CT molecular complexity index is 642. The molecule has 214 valence electrons. The Hall–Kier alpha value is -0.520. The molecule has 0 amide bonds. The van der Waals surface area contributed by atoms with Gasteiger partial charge < -0.3 is 5.73 Å². The molecule has 0 aromatic heterocycles. The Kier molecular flexibility index (Phi) is 17.6. The maximum atomic E-state index is 13.2. The van der Waals surface area contributed by atoms with Crippen LogP contribution in [0.2, 0.25) is 0 Å². The van der Waals surface area contributed by atoms with Crippen LogP contribution in [0.25, 0.3) is 0 Å². The monoisotopic (exact) mass is 531 g/mol. The number of nitrogens with two attached hydrogens (primary N) is 1. The second-order valence-corrected chi connectivity index (χ2v) is 13.8. The molecule has 1 atom stereocenters. The molecule has 0 saturated heterocycles. The molecule has 36 heavy (non-hydrogen) atoms. The maximum absolute atomic E-state index is 13.2. The van der Waals surface area contributed by atoms with Gasteiger partial charge in [0.1, 0.15) is 0 Å². The van der Waals surface area contributed by atoms with E-state index in [4.69, 9.17) is 19.3 Å². The first-order valence-electron chi connectivity index (χ1n) is 14.2. The summed E-state index contributed by atoms with van der Waals surface area (Å²) in [6.45, 7) is 14.3. The predicted molar refractivity (Wildman–Crippen MR) is 152 cm³/mol. The van der Waals surface area contributed by atoms with Gasteiger partial charge in [0, 0.05) is 6.42 Å². The number of phosphoric acid groups is 1. The smallest absolute Gasteiger partial charge is 0.317 e. The van der Waals surface area contributed by atoms with E-state index in [1.165, 1.54) is 57.8 Å². The molecule has 1 unspecified atom stereocenters. The van der Waals surface area contributed by atoms with Crippen LogP contribution in [0, 0.1) is 0 Å². The molecule has 0 aliphatic carbocycles. The topological polar surface area (TPSA) is 87.9 Å². The van der Waals surface area contributed by atoms with Gasteiger partial charge in [-0.1, -0.05) is 70.4 Å². The standard InChI is InChI=1S/C29H58NO5P/c1-9-10-11-12-13-14-15-16-17-18-19-20-21-22-23-24-26(31)29(8,30)25-33-36(32,34-27(2,3)4)35-28(5,6)7/h16-17H,9-15,18-25,30H2,1-8H3. The van der Waals surface area contributed by atoms with E-state index >= 15 is 0 Å². The van der Waals surface area contributed by atoms with Crippen molar-refractivity contribution in [3.05, 3.63) is 12.2 Å². The molecular weight excluding hydrogens is 473 g/mol. The van der Waals surface area contributed by atoms with Crippen molar-refractivity contribution in [1.29, 1.82) is 0 Å². The van der Waals surface area contributed by atoms with Crippen LogP contribution in [-0.2, 0) is 22.9 Å². The van der Waals surface area contributed by atoms with Gasteiger partial charge in [-0.15, -0.1) is 0 Å². The van der Waals surface area contributed by atoms with Gasteiger partial charge in [0.2, 0.25) is 0 Å². The fourth-order valence-corrected chi connectivity index (χ4v) is 5.59. The summed E-state index contributed by atoms with van der Waals surface area (Å²) in [4.78, 5) is 12.7. The van der Waals surface area contributed by atoms with Gasteiger partial charge >= 0.3 is 7.82 Å². The van der Waals surface area contributed by atoms with E-state index in [-0.39, 0.29) is 12.4 Å². The Balaban J connectivity index is 4.15. The minimum atomic E-state index is -3.90. The molecule has 0 fully saturated rings. The van der Waals surface area contributed by atoms with Crippen LogP contribution in [0.4, 0.5) is 0 Å². The third-order valence-corrected chi connectivity index (χ3v) is 7.58. The number of Topliss-reactive ketones (excluding diaryl/α,β-unsaturated/α-hetero) is 1. The summed E-state index contributed by atoms with van der Waals surface area (Å²) in [6.07, 6.45) is 20.8. The van der Waals surface area contributed by atoms with Crippen LogP contribution in [-0.4, -0.2) is 29.1 Å². The molecule has 0 bridgehead atoms. The van der Waals surface area contributed by atoms with E-state index in [2.05, 4.69) is 19.1 Å². The van der Waals surface area contributed by atoms with Gasteiger partial charge in [0.05, 0.1) is 23.3 Å². The van der Waals surface area contributed by atoms with Gasteiger partial charge in [-0.2, -0.15) is 0 Å². The Morgan fingerprint density at radius 1 is 0.722 bits per heavy atom. The lowest BCUT2D eigenvalue weighted by atomic mass is 9.94. The zero-order valence-corrected chi connectivity index (χ0v) is 25.7. The van der Waals surface area contributed by atoms with E-state index in [0.717, 1.165) is 25.7 Å². The summed E-state index contributed by atoms with van der Waals surface area (Å²) in [5.41, 5.74) is 3.52. The van der Waals surface area contributed by atoms with Gasteiger partial charge in [-0.25, -0.2) is 4.57 Å². The van der Waals surface area contributed by atoms with Crippen LogP contribution >= 0.6 is 7.82 Å². The first kappa shape index (κ1) is 35.5. The molecule has 0 aliphatic heterocycles. The molecule has 0 saturated carbocycles. The van der Waals surface area contributed by atoms with Crippen LogP contribution in [0.1, 0.15) is 145 Å². The number of hydrogen-bond acceptors (Lipinski definition) is 6. The average Bonchev–Trinajstić information content (AvgIpc) is 2.72. The highest BCUT2D eigenvalue weighted by molar-refractivity contribution is 7.48. The number of carbonyl (C=O) groups excluding carboxylic acids is 1. The molecule has 0 radical (unpaired) electrons. The normalized spacial score (nSPS) is 14.9. The summed E-state index contributed by atoms with van der Waals surface area (Å²) in [5.74, 6) is -0.0989. The molecule has 0 spiro atoms. The van der Waals surface area contributed by atoms with Crippen molar-refractivity contribution in [2.45, 2.75) is 162 Å². The molecule has 7 heteroatoms. The van der Waals surface area contributed by atoms with Crippen molar-refractivity contribution in [2.75, 3.05) is 6.61 Å². The molecule has 6 nitrogen and oxygen atoms in total. The zero-order chi connectivity index (χ0) is 27.7. The van der Waals surface area contributed by atoms with Crippen molar-refractivity contribution >= 4 is 13.6 Å². The lowest BCUT2D eigenvalue weighted by Gasteiger charge is -2.33. The lowest BCUT2D eigenvalue weighted by Crippen LogP contribution is -2.49. The first-order chi connectivity index (χ1) is 16.6. The lowest BCUT2D eigenvalue weighted by molar-refractivity contribution is -0.125. The minimum absolute atomic E-state index is 0.0989. The van der Waals surface area contributed by atoms with E-state index in [9.17, 15) is 9.36 Å². The summed E-state index contributed by atoms with van der Waals surface area (Å²) < 4.78 is 30.0. The fourth-order valence-electron chi connectivity index (χ4n) is 3.68. The highest BCUT2D eigenvalue weighted by atomic mass is 31.2. The van der Waals surface area contributed by atoms with Gasteiger partial charge in [-0.3, -0.25) is 18.4 Å². The Labute approximate surface area is 223 Å². The molecule has 0 rings (SSSR count). The van der Waals surface area contributed by atoms with E-state index < -0.39 is 24.6 Å². The number of rotatable bonds is 21. The van der Waals surface area contributed by atoms with Crippen LogP contribution in [0.15, 0.2) is 12.2 Å². The summed E-state index contributed by atoms with van der Waals surface area (Å²) in [7, 11) is -3.90. The van der Waals surface area contributed by atoms with Crippen molar-refractivity contribution in [3.8, 4) is 0 Å². The van der Waals surface area contributed by atoms with Gasteiger partial charge in [0.15, 0.2) is 5.78 Å². The van der Waals surface area contributed by atoms with Crippen molar-refractivity contribution in [2.24, 2.45) is 5.73 Å². The predicted octanol–water partition coefficient (Wildman–Crippen LogP) is 9.07. The van der Waals surface area contributed by atoms with E-state index in [1.807, 2.05) is 0 Å². The van der Waals surface area contributed by atoms with E-state index in [0.29, 0.717) is 6.42 Å². The van der Waals surface area contributed by atoms with Crippen LogP contribution in [0.3, 0.4) is 0 Å². The van der Waals surface area contributed by atoms with Crippen molar-refractivity contribution in [1.82, 2.24) is 0 Å². The number of phosphoric ester groups is 1. The maximum Gasteiger partial charge on any atom is 0.475 e. The molecular formula is C29H58NO5P. The molecule has 0 heterocycles. The van der Waals surface area contributed by atoms with Crippen LogP contribution < -0.4 is 5.73 Å². The summed E-state index contributed by atoms with van der Waals surface area (Å²) in [6, 6.07) is 0. The summed E-state index contributed by atoms with van der Waals surface area (Å²) >= 11 is 0. The molecule has 0 aromatic rings. The SMILES string of the molecule is CCCCCCCCC=CCCCCCCCC(=O)C(C)(N)COP(=O)(OC(C)(C)C)OC(C)(C)C. The van der Waals surface area contributed by atoms with Crippen LogP contribution in [0.5, 0.6) is 0 Å².